The van der Waals surface area contributed by atoms with Crippen LogP contribution in [0, 0.1) is 0 Å². The molecule has 0 aliphatic carbocycles. The largest absolute Gasteiger partial charge is 0.248 e. The molecule has 0 N–H and O–H groups in total. The number of hydrogen-bond donors (Lipinski definition) is 0. The molecule has 9 aromatic carbocycles. The van der Waals surface area contributed by atoms with Gasteiger partial charge in [0, 0.05) is 27.6 Å². The van der Waals surface area contributed by atoms with Crippen LogP contribution in [-0.2, 0) is 0 Å². The minimum Gasteiger partial charge on any atom is -0.248 e. The number of benzene rings is 9. The monoisotopic (exact) mass is 764 g/mol. The highest BCUT2D eigenvalue weighted by atomic mass is 15.0. The Morgan fingerprint density at radius 1 is 0.250 bits per heavy atom. The molecule has 11 rings (SSSR count). The fraction of sp³-hybridized carbons (Fsp3) is 0. The molecule has 60 heavy (non-hydrogen) atoms. The van der Waals surface area contributed by atoms with E-state index in [-0.39, 0.29) is 0 Å². The van der Waals surface area contributed by atoms with Gasteiger partial charge in [0.05, 0.1) is 11.2 Å². The van der Waals surface area contributed by atoms with Gasteiger partial charge in [-0.1, -0.05) is 200 Å². The maximum atomic E-state index is 5.24. The zero-order valence-electron chi connectivity index (χ0n) is 32.6. The Morgan fingerprint density at radius 3 is 1.38 bits per heavy atom. The van der Waals surface area contributed by atoms with Crippen LogP contribution < -0.4 is 0 Å². The first-order chi connectivity index (χ1) is 29.7. The lowest BCUT2D eigenvalue weighted by atomic mass is 9.93. The van der Waals surface area contributed by atoms with Crippen molar-refractivity contribution in [3.63, 3.8) is 0 Å². The molecule has 0 bridgehead atoms. The molecule has 4 heteroatoms. The van der Waals surface area contributed by atoms with E-state index < -0.39 is 0 Å². The molecule has 0 saturated carbocycles. The maximum Gasteiger partial charge on any atom is 0.164 e. The number of rotatable bonds is 7. The zero-order valence-corrected chi connectivity index (χ0v) is 32.6. The minimum absolute atomic E-state index is 0.633. The maximum absolute atomic E-state index is 5.24. The van der Waals surface area contributed by atoms with Gasteiger partial charge in [0.1, 0.15) is 0 Å². The molecule has 0 aliphatic heterocycles. The van der Waals surface area contributed by atoms with Gasteiger partial charge in [0.15, 0.2) is 17.5 Å². The van der Waals surface area contributed by atoms with Crippen molar-refractivity contribution in [2.75, 3.05) is 0 Å². The third-order valence-electron chi connectivity index (χ3n) is 11.4. The molecule has 0 aliphatic rings. The lowest BCUT2D eigenvalue weighted by molar-refractivity contribution is 1.08. The molecule has 0 spiro atoms. The third-order valence-corrected chi connectivity index (χ3v) is 11.4. The molecule has 0 radical (unpaired) electrons. The summed E-state index contributed by atoms with van der Waals surface area (Å²) in [7, 11) is 0. The van der Waals surface area contributed by atoms with Crippen molar-refractivity contribution in [1.29, 1.82) is 0 Å². The Bertz CT molecular complexity index is 3330. The number of aromatic nitrogens is 4. The first-order valence-electron chi connectivity index (χ1n) is 20.2. The van der Waals surface area contributed by atoms with Gasteiger partial charge < -0.3 is 0 Å². The van der Waals surface area contributed by atoms with Gasteiger partial charge in [-0.3, -0.25) is 0 Å². The fourth-order valence-corrected chi connectivity index (χ4v) is 8.35. The highest BCUT2D eigenvalue weighted by Crippen LogP contribution is 2.39. The molecule has 0 atom stereocenters. The first kappa shape index (κ1) is 35.1. The van der Waals surface area contributed by atoms with E-state index >= 15 is 0 Å². The van der Waals surface area contributed by atoms with Gasteiger partial charge in [-0.25, -0.2) is 19.9 Å². The summed E-state index contributed by atoms with van der Waals surface area (Å²) in [5, 5.41) is 5.79. The van der Waals surface area contributed by atoms with E-state index in [1.807, 2.05) is 36.4 Å². The molecule has 0 unspecified atom stereocenters. The second-order valence-corrected chi connectivity index (χ2v) is 15.0. The van der Waals surface area contributed by atoms with Gasteiger partial charge in [-0.15, -0.1) is 0 Å². The summed E-state index contributed by atoms with van der Waals surface area (Å²) in [5.74, 6) is 1.90. The normalized spacial score (nSPS) is 11.3. The van der Waals surface area contributed by atoms with E-state index in [0.717, 1.165) is 60.9 Å². The molecule has 0 saturated heterocycles. The summed E-state index contributed by atoms with van der Waals surface area (Å²) in [6.45, 7) is 0. The van der Waals surface area contributed by atoms with Crippen LogP contribution in [0.25, 0.3) is 111 Å². The molecule has 2 aromatic heterocycles. The molecule has 0 fully saturated rings. The molecule has 4 nitrogen and oxygen atoms in total. The summed E-state index contributed by atoms with van der Waals surface area (Å²) in [6.07, 6.45) is 0. The second-order valence-electron chi connectivity index (χ2n) is 15.0. The van der Waals surface area contributed by atoms with E-state index in [9.17, 15) is 0 Å². The highest BCUT2D eigenvalue weighted by molar-refractivity contribution is 6.14. The molecular weight excluding hydrogens is 729 g/mol. The summed E-state index contributed by atoms with van der Waals surface area (Å²) >= 11 is 0. The highest BCUT2D eigenvalue weighted by Gasteiger charge is 2.17. The minimum atomic E-state index is 0.633. The number of hydrogen-bond acceptors (Lipinski definition) is 4. The fourth-order valence-electron chi connectivity index (χ4n) is 8.35. The average Bonchev–Trinajstić information content (AvgIpc) is 3.34. The molecule has 0 amide bonds. The summed E-state index contributed by atoms with van der Waals surface area (Å²) in [6, 6.07) is 76.4. The van der Waals surface area contributed by atoms with Crippen molar-refractivity contribution in [2.45, 2.75) is 0 Å². The van der Waals surface area contributed by atoms with Crippen molar-refractivity contribution in [3.8, 4) is 78.8 Å². The Kier molecular flexibility index (Phi) is 8.79. The molecule has 280 valence electrons. The Balaban J connectivity index is 0.991. The van der Waals surface area contributed by atoms with E-state index in [1.165, 1.54) is 32.8 Å². The lowest BCUT2D eigenvalue weighted by Gasteiger charge is -2.14. The van der Waals surface area contributed by atoms with E-state index in [4.69, 9.17) is 19.9 Å². The summed E-state index contributed by atoms with van der Waals surface area (Å²) < 4.78 is 0. The second kappa shape index (κ2) is 15.0. The van der Waals surface area contributed by atoms with Gasteiger partial charge in [-0.05, 0) is 73.1 Å². The predicted octanol–water partition coefficient (Wildman–Crippen LogP) is 14.4. The van der Waals surface area contributed by atoms with Gasteiger partial charge in [0.25, 0.3) is 0 Å². The van der Waals surface area contributed by atoms with Crippen molar-refractivity contribution >= 4 is 32.4 Å². The van der Waals surface area contributed by atoms with E-state index in [0.29, 0.717) is 17.5 Å². The quantitative estimate of drug-likeness (QED) is 0.152. The Labute approximate surface area is 348 Å². The number of pyridine rings is 1. The summed E-state index contributed by atoms with van der Waals surface area (Å²) in [4.78, 5) is 20.5. The Morgan fingerprint density at radius 2 is 0.700 bits per heavy atom. The average molecular weight is 765 g/mol. The molecule has 2 heterocycles. The number of fused-ring (bicyclic) bond motifs is 4. The van der Waals surface area contributed by atoms with Crippen LogP contribution in [-0.4, -0.2) is 19.9 Å². The van der Waals surface area contributed by atoms with Gasteiger partial charge in [0.2, 0.25) is 0 Å². The predicted molar refractivity (Wildman–Crippen MR) is 248 cm³/mol. The first-order valence-corrected chi connectivity index (χ1v) is 20.2. The SMILES string of the molecule is c1ccc(-c2ccc(-c3nc(-c4ccccc4)nc(-c4ccc(-c5ccc(-c6cc(-c7ccccc7)c7c(ccc8ccccc87)n6)cc5)c5ccccc45)n3)cc2)cc1. The molecule has 11 aromatic rings. The van der Waals surface area contributed by atoms with Crippen molar-refractivity contribution in [3.05, 3.63) is 218 Å². The van der Waals surface area contributed by atoms with Gasteiger partial charge >= 0.3 is 0 Å². The van der Waals surface area contributed by atoms with Gasteiger partial charge in [-0.2, -0.15) is 0 Å². The van der Waals surface area contributed by atoms with Crippen LogP contribution in [0.1, 0.15) is 0 Å². The topological polar surface area (TPSA) is 51.6 Å². The van der Waals surface area contributed by atoms with Crippen LogP contribution >= 0.6 is 0 Å². The van der Waals surface area contributed by atoms with Crippen molar-refractivity contribution in [1.82, 2.24) is 19.9 Å². The third kappa shape index (κ3) is 6.47. The van der Waals surface area contributed by atoms with Crippen LogP contribution in [0.15, 0.2) is 218 Å². The standard InChI is InChI=1S/C56H36N4/c1-4-14-37(15-5-1)38-24-30-44(31-25-38)55-58-54(43-19-8-3-9-20-43)59-56(60-55)49-34-33-45(47-22-12-13-23-48(47)49)41-26-28-42(29-27-41)52-36-50(39-16-6-2-7-17-39)53-46-21-11-10-18-40(46)32-35-51(53)57-52/h1-36H. The van der Waals surface area contributed by atoms with Crippen molar-refractivity contribution in [2.24, 2.45) is 0 Å². The van der Waals surface area contributed by atoms with Crippen LogP contribution in [0.2, 0.25) is 0 Å². The van der Waals surface area contributed by atoms with Crippen LogP contribution in [0.4, 0.5) is 0 Å². The van der Waals surface area contributed by atoms with Crippen LogP contribution in [0.5, 0.6) is 0 Å². The lowest BCUT2D eigenvalue weighted by Crippen LogP contribution is -2.00. The van der Waals surface area contributed by atoms with Crippen molar-refractivity contribution < 1.29 is 0 Å². The van der Waals surface area contributed by atoms with E-state index in [2.05, 4.69) is 182 Å². The zero-order chi connectivity index (χ0) is 39.8. The van der Waals surface area contributed by atoms with E-state index in [1.54, 1.807) is 0 Å². The summed E-state index contributed by atoms with van der Waals surface area (Å²) in [5.41, 5.74) is 12.7. The smallest absolute Gasteiger partial charge is 0.164 e. The van der Waals surface area contributed by atoms with Crippen LogP contribution in [0.3, 0.4) is 0 Å². The Hall–Kier alpha value is -8.08. The molecular formula is C56H36N4. The number of nitrogens with zero attached hydrogens (tertiary/aromatic N) is 4.